The van der Waals surface area contributed by atoms with Crippen LogP contribution in [0.3, 0.4) is 0 Å². The highest BCUT2D eigenvalue weighted by atomic mass is 19.4. The van der Waals surface area contributed by atoms with Gasteiger partial charge in [-0.25, -0.2) is 0 Å². The molecule has 1 heterocycles. The molecule has 0 aliphatic rings. The van der Waals surface area contributed by atoms with E-state index in [4.69, 9.17) is 20.0 Å². The maximum absolute atomic E-state index is 13.5. The van der Waals surface area contributed by atoms with Crippen LogP contribution in [0.1, 0.15) is 28.4 Å². The van der Waals surface area contributed by atoms with Gasteiger partial charge in [-0.15, -0.1) is 0 Å². The van der Waals surface area contributed by atoms with Crippen LogP contribution in [0.5, 0.6) is 5.75 Å². The van der Waals surface area contributed by atoms with Crippen molar-refractivity contribution in [2.24, 2.45) is 5.73 Å². The standard InChI is InChI=1S/C26H22F3NO5/c27-26(28,29)25(33)21-10-18(16-6-3-4-15(8-16)12-30)9-20-19(14-35-24(20)21)13-34-22-7-2-1-5-17(22)11-23(31)32/h1-10,14,25,33H,11-13,30H2,(H,31,32). The number of furan rings is 1. The molecule has 6 nitrogen and oxygen atoms in total. The van der Waals surface area contributed by atoms with E-state index in [0.717, 1.165) is 5.56 Å². The Morgan fingerprint density at radius 3 is 2.51 bits per heavy atom. The van der Waals surface area contributed by atoms with E-state index in [1.54, 1.807) is 54.6 Å². The molecule has 0 aliphatic heterocycles. The maximum Gasteiger partial charge on any atom is 0.418 e. The zero-order valence-corrected chi connectivity index (χ0v) is 18.4. The van der Waals surface area contributed by atoms with Gasteiger partial charge in [0.25, 0.3) is 0 Å². The number of rotatable bonds is 8. The molecule has 0 aliphatic carbocycles. The molecule has 3 aromatic carbocycles. The molecule has 4 N–H and O–H groups in total. The average molecular weight is 485 g/mol. The van der Waals surface area contributed by atoms with Crippen molar-refractivity contribution in [2.45, 2.75) is 31.9 Å². The molecule has 0 amide bonds. The van der Waals surface area contributed by atoms with Crippen molar-refractivity contribution in [1.82, 2.24) is 0 Å². The van der Waals surface area contributed by atoms with E-state index in [0.29, 0.717) is 33.4 Å². The number of aliphatic carboxylic acids is 1. The molecule has 0 fully saturated rings. The summed E-state index contributed by atoms with van der Waals surface area (Å²) < 4.78 is 51.7. The number of carboxylic acids is 1. The van der Waals surface area contributed by atoms with Gasteiger partial charge in [0.2, 0.25) is 0 Å². The summed E-state index contributed by atoms with van der Waals surface area (Å²) in [6.45, 7) is 0.173. The zero-order valence-electron chi connectivity index (χ0n) is 18.4. The topological polar surface area (TPSA) is 106 Å². The Bertz CT molecular complexity index is 1360. The third-order valence-corrected chi connectivity index (χ3v) is 5.58. The van der Waals surface area contributed by atoms with Crippen LogP contribution in [0.15, 0.2) is 71.3 Å². The number of hydrogen-bond acceptors (Lipinski definition) is 5. The van der Waals surface area contributed by atoms with Crippen LogP contribution >= 0.6 is 0 Å². The zero-order chi connectivity index (χ0) is 25.2. The quantitative estimate of drug-likeness (QED) is 0.310. The van der Waals surface area contributed by atoms with Crippen molar-refractivity contribution in [3.8, 4) is 16.9 Å². The number of halogens is 3. The Morgan fingerprint density at radius 1 is 1.03 bits per heavy atom. The number of aliphatic hydroxyl groups excluding tert-OH is 1. The van der Waals surface area contributed by atoms with E-state index >= 15 is 0 Å². The number of benzene rings is 3. The van der Waals surface area contributed by atoms with Gasteiger partial charge in [0, 0.05) is 28.6 Å². The van der Waals surface area contributed by atoms with Crippen molar-refractivity contribution >= 4 is 16.9 Å². The first-order chi connectivity index (χ1) is 16.7. The van der Waals surface area contributed by atoms with Crippen LogP contribution < -0.4 is 10.5 Å². The molecule has 9 heteroatoms. The summed E-state index contributed by atoms with van der Waals surface area (Å²) in [5, 5.41) is 19.5. The molecule has 35 heavy (non-hydrogen) atoms. The Kier molecular flexibility index (Phi) is 6.81. The molecule has 4 aromatic rings. The van der Waals surface area contributed by atoms with E-state index in [2.05, 4.69) is 0 Å². The largest absolute Gasteiger partial charge is 0.488 e. The minimum Gasteiger partial charge on any atom is -0.488 e. The van der Waals surface area contributed by atoms with Gasteiger partial charge in [-0.1, -0.05) is 36.4 Å². The minimum atomic E-state index is -4.90. The fourth-order valence-corrected chi connectivity index (χ4v) is 3.86. The lowest BCUT2D eigenvalue weighted by molar-refractivity contribution is -0.206. The van der Waals surface area contributed by atoms with Crippen molar-refractivity contribution < 1.29 is 37.3 Å². The molecule has 0 bridgehead atoms. The SMILES string of the molecule is NCc1cccc(-c2cc(C(O)C(F)(F)F)c3occ(COc4ccccc4CC(=O)O)c3c2)c1. The summed E-state index contributed by atoms with van der Waals surface area (Å²) in [5.74, 6) is -0.684. The molecular weight excluding hydrogens is 463 g/mol. The van der Waals surface area contributed by atoms with Crippen LogP contribution in [0, 0.1) is 0 Å². The van der Waals surface area contributed by atoms with Crippen LogP contribution in [0.25, 0.3) is 22.1 Å². The summed E-state index contributed by atoms with van der Waals surface area (Å²) in [4.78, 5) is 11.1. The summed E-state index contributed by atoms with van der Waals surface area (Å²) >= 11 is 0. The predicted octanol–water partition coefficient (Wildman–Crippen LogP) is 5.36. The molecule has 182 valence electrons. The number of ether oxygens (including phenoxy) is 1. The number of carboxylic acid groups (broad SMARTS) is 1. The molecule has 0 radical (unpaired) electrons. The number of alkyl halides is 3. The van der Waals surface area contributed by atoms with Crippen molar-refractivity contribution in [3.05, 3.63) is 89.2 Å². The lowest BCUT2D eigenvalue weighted by atomic mass is 9.95. The van der Waals surface area contributed by atoms with Crippen molar-refractivity contribution in [3.63, 3.8) is 0 Å². The Hall–Kier alpha value is -3.82. The van der Waals surface area contributed by atoms with Gasteiger partial charge in [-0.3, -0.25) is 4.79 Å². The smallest absolute Gasteiger partial charge is 0.418 e. The normalized spacial score (nSPS) is 12.6. The van der Waals surface area contributed by atoms with Crippen LogP contribution in [-0.4, -0.2) is 22.4 Å². The summed E-state index contributed by atoms with van der Waals surface area (Å²) in [5.41, 5.74) is 7.96. The fraction of sp³-hybridized carbons (Fsp3) is 0.192. The number of hydrogen-bond donors (Lipinski definition) is 3. The molecular formula is C26H22F3NO5. The first kappa shape index (κ1) is 24.3. The van der Waals surface area contributed by atoms with Crippen LogP contribution in [0.2, 0.25) is 0 Å². The van der Waals surface area contributed by atoms with Gasteiger partial charge in [-0.2, -0.15) is 13.2 Å². The second-order valence-electron chi connectivity index (χ2n) is 8.02. The fourth-order valence-electron chi connectivity index (χ4n) is 3.86. The maximum atomic E-state index is 13.5. The predicted molar refractivity (Wildman–Crippen MR) is 123 cm³/mol. The summed E-state index contributed by atoms with van der Waals surface area (Å²) in [7, 11) is 0. The summed E-state index contributed by atoms with van der Waals surface area (Å²) in [6, 6.07) is 16.6. The molecule has 0 saturated carbocycles. The monoisotopic (exact) mass is 485 g/mol. The van der Waals surface area contributed by atoms with Gasteiger partial charge < -0.3 is 25.1 Å². The number of carbonyl (C=O) groups is 1. The highest BCUT2D eigenvalue weighted by Gasteiger charge is 2.41. The first-order valence-electron chi connectivity index (χ1n) is 10.7. The van der Waals surface area contributed by atoms with Crippen LogP contribution in [-0.2, 0) is 24.4 Å². The first-order valence-corrected chi connectivity index (χ1v) is 10.7. The minimum absolute atomic E-state index is 0.0858. The molecule has 0 spiro atoms. The lowest BCUT2D eigenvalue weighted by Crippen LogP contribution is -2.20. The molecule has 0 saturated heterocycles. The van der Waals surface area contributed by atoms with Gasteiger partial charge in [-0.05, 0) is 41.0 Å². The number of para-hydroxylation sites is 1. The second-order valence-corrected chi connectivity index (χ2v) is 8.02. The van der Waals surface area contributed by atoms with E-state index < -0.39 is 23.8 Å². The summed E-state index contributed by atoms with van der Waals surface area (Å²) in [6.07, 6.45) is -6.62. The van der Waals surface area contributed by atoms with E-state index in [1.807, 2.05) is 0 Å². The lowest BCUT2D eigenvalue weighted by Gasteiger charge is -2.17. The number of aliphatic hydroxyl groups is 1. The third kappa shape index (κ3) is 5.31. The molecule has 4 rings (SSSR count). The van der Waals surface area contributed by atoms with E-state index in [1.165, 1.54) is 12.3 Å². The van der Waals surface area contributed by atoms with Crippen LogP contribution in [0.4, 0.5) is 13.2 Å². The number of fused-ring (bicyclic) bond motifs is 1. The Labute approximate surface area is 198 Å². The Balaban J connectivity index is 1.78. The van der Waals surface area contributed by atoms with Gasteiger partial charge >= 0.3 is 12.1 Å². The molecule has 1 aromatic heterocycles. The third-order valence-electron chi connectivity index (χ3n) is 5.58. The van der Waals surface area contributed by atoms with E-state index in [9.17, 15) is 23.1 Å². The molecule has 1 unspecified atom stereocenters. The molecule has 1 atom stereocenters. The van der Waals surface area contributed by atoms with Gasteiger partial charge in [0.05, 0.1) is 12.7 Å². The Morgan fingerprint density at radius 2 is 1.80 bits per heavy atom. The number of nitrogens with two attached hydrogens (primary N) is 1. The average Bonchev–Trinajstić information content (AvgIpc) is 3.24. The van der Waals surface area contributed by atoms with Gasteiger partial charge in [0.1, 0.15) is 17.9 Å². The highest BCUT2D eigenvalue weighted by Crippen LogP contribution is 2.40. The van der Waals surface area contributed by atoms with Gasteiger partial charge in [0.15, 0.2) is 6.10 Å². The van der Waals surface area contributed by atoms with E-state index in [-0.39, 0.29) is 25.2 Å². The van der Waals surface area contributed by atoms with Crippen molar-refractivity contribution in [2.75, 3.05) is 0 Å². The highest BCUT2D eigenvalue weighted by molar-refractivity contribution is 5.89. The second kappa shape index (κ2) is 9.81. The van der Waals surface area contributed by atoms with Crippen molar-refractivity contribution in [1.29, 1.82) is 0 Å².